The summed E-state index contributed by atoms with van der Waals surface area (Å²) in [6.07, 6.45) is 1.78. The maximum Gasteiger partial charge on any atom is 0.262 e. The Bertz CT molecular complexity index is 709. The maximum atomic E-state index is 12.2. The second-order valence-electron chi connectivity index (χ2n) is 4.94. The van der Waals surface area contributed by atoms with Crippen molar-refractivity contribution in [3.8, 4) is 0 Å². The molecule has 116 valence electrons. The van der Waals surface area contributed by atoms with E-state index < -0.39 is 16.1 Å². The van der Waals surface area contributed by atoms with E-state index in [2.05, 4.69) is 11.5 Å². The summed E-state index contributed by atoms with van der Waals surface area (Å²) in [5.74, 6) is 0. The van der Waals surface area contributed by atoms with Gasteiger partial charge in [0.05, 0.1) is 4.90 Å². The van der Waals surface area contributed by atoms with Gasteiger partial charge in [-0.15, -0.1) is 6.58 Å². The number of hydrogen-bond acceptors (Lipinski definition) is 3. The highest BCUT2D eigenvalue weighted by Gasteiger charge is 2.18. The second-order valence-corrected chi connectivity index (χ2v) is 6.59. The number of nitrogens with one attached hydrogen (secondary N) is 1. The van der Waals surface area contributed by atoms with Gasteiger partial charge in [-0.25, -0.2) is 8.42 Å². The number of hydrogen-bond donors (Lipinski definition) is 1. The highest BCUT2D eigenvalue weighted by atomic mass is 32.2. The van der Waals surface area contributed by atoms with Gasteiger partial charge < -0.3 is 0 Å². The van der Waals surface area contributed by atoms with Gasteiger partial charge in [-0.2, -0.15) is 0 Å². The van der Waals surface area contributed by atoms with Crippen molar-refractivity contribution in [3.63, 3.8) is 0 Å². The van der Waals surface area contributed by atoms with E-state index in [9.17, 15) is 8.42 Å². The van der Waals surface area contributed by atoms with Crippen LogP contribution in [0, 0.1) is 6.92 Å². The summed E-state index contributed by atoms with van der Waals surface area (Å²) in [6, 6.07) is 16.0. The minimum absolute atomic E-state index is 0.170. The van der Waals surface area contributed by atoms with E-state index in [0.717, 1.165) is 11.1 Å². The summed E-state index contributed by atoms with van der Waals surface area (Å²) in [6.45, 7) is 5.58. The summed E-state index contributed by atoms with van der Waals surface area (Å²) < 4.78 is 24.4. The first-order chi connectivity index (χ1) is 10.5. The highest BCUT2D eigenvalue weighted by molar-refractivity contribution is 7.89. The Morgan fingerprint density at radius 1 is 1.14 bits per heavy atom. The molecule has 1 atom stereocenters. The SMILES string of the molecule is C=CC[C@@H](ONS(=O)(=O)c1ccc(C)cc1)c1ccccc1. The third kappa shape index (κ3) is 4.27. The molecule has 2 rings (SSSR count). The van der Waals surface area contributed by atoms with Gasteiger partial charge in [0.2, 0.25) is 0 Å². The molecule has 4 nitrogen and oxygen atoms in total. The maximum absolute atomic E-state index is 12.2. The average Bonchev–Trinajstić information content (AvgIpc) is 2.53. The Morgan fingerprint density at radius 3 is 2.36 bits per heavy atom. The molecule has 22 heavy (non-hydrogen) atoms. The van der Waals surface area contributed by atoms with Crippen LogP contribution >= 0.6 is 0 Å². The Kier molecular flexibility index (Phi) is 5.49. The first kappa shape index (κ1) is 16.4. The molecule has 2 aromatic rings. The third-order valence-electron chi connectivity index (χ3n) is 3.18. The summed E-state index contributed by atoms with van der Waals surface area (Å²) in [4.78, 5) is 7.78. The largest absolute Gasteiger partial charge is 0.278 e. The molecule has 5 heteroatoms. The second kappa shape index (κ2) is 7.35. The molecule has 0 bridgehead atoms. The molecular weight excluding hydrogens is 298 g/mol. The van der Waals surface area contributed by atoms with E-state index in [4.69, 9.17) is 4.84 Å². The van der Waals surface area contributed by atoms with Crippen LogP contribution in [-0.2, 0) is 14.9 Å². The molecule has 0 radical (unpaired) electrons. The van der Waals surface area contributed by atoms with Gasteiger partial charge in [0.1, 0.15) is 6.10 Å². The molecule has 0 heterocycles. The van der Waals surface area contributed by atoms with Crippen LogP contribution in [0.2, 0.25) is 0 Å². The minimum Gasteiger partial charge on any atom is -0.278 e. The van der Waals surface area contributed by atoms with Gasteiger partial charge in [0.25, 0.3) is 10.0 Å². The van der Waals surface area contributed by atoms with E-state index in [1.54, 1.807) is 30.3 Å². The van der Waals surface area contributed by atoms with E-state index >= 15 is 0 Å². The van der Waals surface area contributed by atoms with Gasteiger partial charge in [-0.1, -0.05) is 59.0 Å². The number of aryl methyl sites for hydroxylation is 1. The fraction of sp³-hybridized carbons (Fsp3) is 0.176. The fourth-order valence-electron chi connectivity index (χ4n) is 1.96. The van der Waals surface area contributed by atoms with Gasteiger partial charge in [0.15, 0.2) is 0 Å². The quantitative estimate of drug-likeness (QED) is 0.628. The third-order valence-corrected chi connectivity index (χ3v) is 4.39. The standard InChI is InChI=1S/C17H19NO3S/c1-3-7-17(15-8-5-4-6-9-15)21-18-22(19,20)16-12-10-14(2)11-13-16/h3-6,8-13,17-18H,1,7H2,2H3/t17-/m1/s1. The van der Waals surface area contributed by atoms with Gasteiger partial charge in [-0.3, -0.25) is 4.84 Å². The lowest BCUT2D eigenvalue weighted by Gasteiger charge is -2.17. The van der Waals surface area contributed by atoms with Gasteiger partial charge >= 0.3 is 0 Å². The Hall–Kier alpha value is -1.95. The van der Waals surface area contributed by atoms with E-state index in [0.29, 0.717) is 6.42 Å². The molecule has 0 spiro atoms. The van der Waals surface area contributed by atoms with Gasteiger partial charge in [-0.05, 0) is 31.0 Å². The Morgan fingerprint density at radius 2 is 1.77 bits per heavy atom. The molecule has 0 amide bonds. The van der Waals surface area contributed by atoms with Crippen LogP contribution in [0.25, 0.3) is 0 Å². The zero-order valence-electron chi connectivity index (χ0n) is 12.4. The summed E-state index contributed by atoms with van der Waals surface area (Å²) in [5, 5.41) is 0. The smallest absolute Gasteiger partial charge is 0.262 e. The van der Waals surface area contributed by atoms with Crippen LogP contribution < -0.4 is 4.89 Å². The molecule has 0 aliphatic rings. The van der Waals surface area contributed by atoms with Crippen LogP contribution in [0.5, 0.6) is 0 Å². The molecular formula is C17H19NO3S. The molecule has 2 aromatic carbocycles. The molecule has 1 N–H and O–H groups in total. The number of sulfonamides is 1. The lowest BCUT2D eigenvalue weighted by molar-refractivity contribution is 0.0181. The first-order valence-corrected chi connectivity index (χ1v) is 8.41. The molecule has 0 aliphatic carbocycles. The zero-order chi connectivity index (χ0) is 16.0. The van der Waals surface area contributed by atoms with Crippen LogP contribution in [-0.4, -0.2) is 8.42 Å². The lowest BCUT2D eigenvalue weighted by Crippen LogP contribution is -2.26. The van der Waals surface area contributed by atoms with Crippen molar-refractivity contribution < 1.29 is 13.3 Å². The van der Waals surface area contributed by atoms with Crippen molar-refractivity contribution in [3.05, 3.63) is 78.4 Å². The summed E-state index contributed by atoms with van der Waals surface area (Å²) in [7, 11) is -3.70. The van der Waals surface area contributed by atoms with Crippen LogP contribution in [0.4, 0.5) is 0 Å². The van der Waals surface area contributed by atoms with Crippen molar-refractivity contribution in [2.24, 2.45) is 0 Å². The molecule has 0 saturated carbocycles. The highest BCUT2D eigenvalue weighted by Crippen LogP contribution is 2.21. The van der Waals surface area contributed by atoms with E-state index in [-0.39, 0.29) is 4.90 Å². The Labute approximate surface area is 131 Å². The summed E-state index contributed by atoms with van der Waals surface area (Å²) >= 11 is 0. The lowest BCUT2D eigenvalue weighted by atomic mass is 10.1. The molecule has 0 saturated heterocycles. The number of benzene rings is 2. The fourth-order valence-corrected chi connectivity index (χ4v) is 2.79. The summed E-state index contributed by atoms with van der Waals surface area (Å²) in [5.41, 5.74) is 1.88. The van der Waals surface area contributed by atoms with Crippen molar-refractivity contribution in [1.29, 1.82) is 0 Å². The van der Waals surface area contributed by atoms with E-state index in [1.807, 2.05) is 37.3 Å². The predicted molar refractivity (Wildman–Crippen MR) is 86.6 cm³/mol. The van der Waals surface area contributed by atoms with Crippen LogP contribution in [0.1, 0.15) is 23.7 Å². The first-order valence-electron chi connectivity index (χ1n) is 6.93. The average molecular weight is 317 g/mol. The number of rotatable bonds is 7. The van der Waals surface area contributed by atoms with Crippen molar-refractivity contribution >= 4 is 10.0 Å². The van der Waals surface area contributed by atoms with Crippen LogP contribution in [0.3, 0.4) is 0 Å². The normalized spacial score (nSPS) is 12.8. The Balaban J connectivity index is 2.11. The molecule has 0 unspecified atom stereocenters. The zero-order valence-corrected chi connectivity index (χ0v) is 13.2. The van der Waals surface area contributed by atoms with Crippen molar-refractivity contribution in [2.75, 3.05) is 0 Å². The molecule has 0 fully saturated rings. The molecule has 0 aromatic heterocycles. The molecule has 0 aliphatic heterocycles. The monoisotopic (exact) mass is 317 g/mol. The van der Waals surface area contributed by atoms with E-state index in [1.165, 1.54) is 0 Å². The van der Waals surface area contributed by atoms with Crippen molar-refractivity contribution in [2.45, 2.75) is 24.3 Å². The van der Waals surface area contributed by atoms with Gasteiger partial charge in [0, 0.05) is 0 Å². The van der Waals surface area contributed by atoms with Crippen molar-refractivity contribution in [1.82, 2.24) is 4.89 Å². The topological polar surface area (TPSA) is 55.4 Å². The van der Waals surface area contributed by atoms with Crippen LogP contribution in [0.15, 0.2) is 72.1 Å². The minimum atomic E-state index is -3.70. The predicted octanol–water partition coefficient (Wildman–Crippen LogP) is 3.52.